The van der Waals surface area contributed by atoms with Crippen molar-refractivity contribution in [3.05, 3.63) is 70.6 Å². The highest BCUT2D eigenvalue weighted by Gasteiger charge is 2.29. The molecule has 2 aromatic carbocycles. The molecule has 0 radical (unpaired) electrons. The molecule has 5 aromatic rings. The van der Waals surface area contributed by atoms with Crippen LogP contribution in [0.1, 0.15) is 12.5 Å². The van der Waals surface area contributed by atoms with Gasteiger partial charge in [0.05, 0.1) is 15.1 Å². The van der Waals surface area contributed by atoms with E-state index in [-0.39, 0.29) is 15.6 Å². The van der Waals surface area contributed by atoms with Crippen LogP contribution in [-0.2, 0) is 16.3 Å². The third-order valence-electron chi connectivity index (χ3n) is 6.57. The molecule has 0 bridgehead atoms. The lowest BCUT2D eigenvalue weighted by Crippen LogP contribution is -2.46. The Labute approximate surface area is 217 Å². The van der Waals surface area contributed by atoms with E-state index in [0.717, 1.165) is 64.9 Å². The van der Waals surface area contributed by atoms with Gasteiger partial charge in [0.25, 0.3) is 0 Å². The maximum absolute atomic E-state index is 13.5. The first-order valence-corrected chi connectivity index (χ1v) is 14.4. The molecule has 8 nitrogen and oxygen atoms in total. The third kappa shape index (κ3) is 3.89. The average molecular weight is 539 g/mol. The lowest BCUT2D eigenvalue weighted by molar-refractivity contribution is 0.592. The first-order valence-electron chi connectivity index (χ1n) is 11.7. The Kier molecular flexibility index (Phi) is 5.82. The predicted octanol–water partition coefficient (Wildman–Crippen LogP) is 4.71. The maximum Gasteiger partial charge on any atom is 0.229 e. The van der Waals surface area contributed by atoms with Gasteiger partial charge in [-0.05, 0) is 59.8 Å². The van der Waals surface area contributed by atoms with Gasteiger partial charge in [0.15, 0.2) is 11.5 Å². The summed E-state index contributed by atoms with van der Waals surface area (Å²) in [7, 11) is -3.89. The minimum Gasteiger partial charge on any atom is -0.368 e. The topological polar surface area (TPSA) is 83.7 Å². The van der Waals surface area contributed by atoms with E-state index in [4.69, 9.17) is 16.6 Å². The fourth-order valence-corrected chi connectivity index (χ4v) is 6.79. The molecule has 36 heavy (non-hydrogen) atoms. The summed E-state index contributed by atoms with van der Waals surface area (Å²) in [4.78, 5) is 9.57. The smallest absolute Gasteiger partial charge is 0.229 e. The number of sulfone groups is 1. The zero-order valence-corrected chi connectivity index (χ0v) is 21.9. The average Bonchev–Trinajstić information content (AvgIpc) is 3.56. The molecular formula is C25H23ClN6O2S2. The molecule has 1 aliphatic rings. The molecule has 1 aliphatic heterocycles. The quantitative estimate of drug-likeness (QED) is 0.320. The van der Waals surface area contributed by atoms with Crippen molar-refractivity contribution in [3.63, 3.8) is 0 Å². The summed E-state index contributed by atoms with van der Waals surface area (Å²) in [6.07, 6.45) is 0.835. The number of thiophene rings is 1. The summed E-state index contributed by atoms with van der Waals surface area (Å²) in [6.45, 7) is 5.16. The molecule has 6 rings (SSSR count). The van der Waals surface area contributed by atoms with Crippen LogP contribution in [0, 0.1) is 0 Å². The van der Waals surface area contributed by atoms with Gasteiger partial charge in [-0.25, -0.2) is 13.4 Å². The van der Waals surface area contributed by atoms with E-state index in [2.05, 4.69) is 20.1 Å². The van der Waals surface area contributed by atoms with Crippen LogP contribution in [0.2, 0.25) is 5.02 Å². The van der Waals surface area contributed by atoms with Crippen molar-refractivity contribution in [1.29, 1.82) is 0 Å². The molecule has 0 aliphatic carbocycles. The monoisotopic (exact) mass is 538 g/mol. The summed E-state index contributed by atoms with van der Waals surface area (Å²) >= 11 is 7.61. The molecule has 0 amide bonds. The van der Waals surface area contributed by atoms with Gasteiger partial charge >= 0.3 is 0 Å². The van der Waals surface area contributed by atoms with Crippen LogP contribution < -0.4 is 9.80 Å². The molecule has 3 aromatic heterocycles. The minimum atomic E-state index is -3.89. The zero-order valence-electron chi connectivity index (χ0n) is 19.5. The molecule has 1 saturated heterocycles. The van der Waals surface area contributed by atoms with Crippen LogP contribution in [0.4, 0.5) is 11.5 Å². The summed E-state index contributed by atoms with van der Waals surface area (Å²) < 4.78 is 29.5. The van der Waals surface area contributed by atoms with E-state index in [1.54, 1.807) is 23.5 Å². The highest BCUT2D eigenvalue weighted by atomic mass is 35.5. The van der Waals surface area contributed by atoms with E-state index in [1.165, 1.54) is 4.52 Å². The molecule has 0 saturated carbocycles. The fraction of sp³-hybridized carbons (Fsp3) is 0.240. The first kappa shape index (κ1) is 23.2. The van der Waals surface area contributed by atoms with Crippen molar-refractivity contribution in [2.45, 2.75) is 23.3 Å². The highest BCUT2D eigenvalue weighted by Crippen LogP contribution is 2.34. The third-order valence-corrected chi connectivity index (χ3v) is 9.39. The van der Waals surface area contributed by atoms with Gasteiger partial charge in [0.2, 0.25) is 14.9 Å². The SMILES string of the molecule is CCc1ccc(S(=O)(=O)c2nnn3c2nc(N2CCN(c4ccc(Cl)cc4)CC2)c2sccc23)cc1. The van der Waals surface area contributed by atoms with Gasteiger partial charge < -0.3 is 9.80 Å². The van der Waals surface area contributed by atoms with Crippen molar-refractivity contribution in [2.24, 2.45) is 0 Å². The Bertz CT molecular complexity index is 1660. The minimum absolute atomic E-state index is 0.124. The Morgan fingerprint density at radius 1 is 0.944 bits per heavy atom. The number of anilines is 2. The number of fused-ring (bicyclic) bond motifs is 3. The van der Waals surface area contributed by atoms with Gasteiger partial charge in [-0.1, -0.05) is 35.9 Å². The van der Waals surface area contributed by atoms with E-state index >= 15 is 0 Å². The number of benzene rings is 2. The number of nitrogens with zero attached hydrogens (tertiary/aromatic N) is 6. The number of aryl methyl sites for hydroxylation is 1. The molecule has 11 heteroatoms. The highest BCUT2D eigenvalue weighted by molar-refractivity contribution is 7.91. The number of rotatable bonds is 5. The molecule has 0 N–H and O–H groups in total. The Morgan fingerprint density at radius 3 is 2.33 bits per heavy atom. The van der Waals surface area contributed by atoms with Gasteiger partial charge in [-0.15, -0.1) is 16.4 Å². The number of aromatic nitrogens is 4. The Balaban J connectivity index is 1.38. The predicted molar refractivity (Wildman–Crippen MR) is 143 cm³/mol. The number of hydrogen-bond donors (Lipinski definition) is 0. The number of hydrogen-bond acceptors (Lipinski definition) is 8. The lowest BCUT2D eigenvalue weighted by atomic mass is 10.2. The van der Waals surface area contributed by atoms with Crippen molar-refractivity contribution >= 4 is 60.1 Å². The van der Waals surface area contributed by atoms with Crippen molar-refractivity contribution in [1.82, 2.24) is 19.8 Å². The van der Waals surface area contributed by atoms with Crippen molar-refractivity contribution in [3.8, 4) is 0 Å². The summed E-state index contributed by atoms with van der Waals surface area (Å²) in [5.41, 5.74) is 3.25. The molecule has 184 valence electrons. The zero-order chi connectivity index (χ0) is 24.9. The van der Waals surface area contributed by atoms with Crippen LogP contribution >= 0.6 is 22.9 Å². The summed E-state index contributed by atoms with van der Waals surface area (Å²) in [6, 6.07) is 16.7. The van der Waals surface area contributed by atoms with E-state index < -0.39 is 9.84 Å². The molecule has 0 atom stereocenters. The summed E-state index contributed by atoms with van der Waals surface area (Å²) in [5, 5.41) is 10.8. The molecule has 0 spiro atoms. The van der Waals surface area contributed by atoms with Gasteiger partial charge in [0, 0.05) is 36.9 Å². The van der Waals surface area contributed by atoms with Crippen LogP contribution in [-0.4, -0.2) is 54.4 Å². The van der Waals surface area contributed by atoms with Crippen LogP contribution in [0.15, 0.2) is 69.9 Å². The van der Waals surface area contributed by atoms with Crippen LogP contribution in [0.3, 0.4) is 0 Å². The maximum atomic E-state index is 13.5. The molecule has 1 fully saturated rings. The molecule has 4 heterocycles. The van der Waals surface area contributed by atoms with Gasteiger partial charge in [-0.3, -0.25) is 0 Å². The fourth-order valence-electron chi connectivity index (χ4n) is 4.54. The van der Waals surface area contributed by atoms with Gasteiger partial charge in [-0.2, -0.15) is 4.52 Å². The first-order chi connectivity index (χ1) is 17.5. The number of piperazine rings is 1. The molecule has 0 unspecified atom stereocenters. The van der Waals surface area contributed by atoms with E-state index in [0.29, 0.717) is 0 Å². The second-order valence-electron chi connectivity index (χ2n) is 8.65. The van der Waals surface area contributed by atoms with Crippen LogP contribution in [0.25, 0.3) is 15.9 Å². The standard InChI is InChI=1S/C25H23ClN6O2S2/c1-2-17-3-9-20(10-4-17)36(33,34)25-24-27-23(22-21(11-16-35-22)32(24)29-28-25)31-14-12-30(13-15-31)19-7-5-18(26)6-8-19/h3-11,16H,2,12-15H2,1H3. The van der Waals surface area contributed by atoms with Crippen molar-refractivity contribution < 1.29 is 8.42 Å². The van der Waals surface area contributed by atoms with Crippen LogP contribution in [0.5, 0.6) is 0 Å². The largest absolute Gasteiger partial charge is 0.368 e. The normalized spacial score (nSPS) is 14.7. The van der Waals surface area contributed by atoms with E-state index in [9.17, 15) is 8.42 Å². The number of halogens is 1. The van der Waals surface area contributed by atoms with Crippen molar-refractivity contribution in [2.75, 3.05) is 36.0 Å². The van der Waals surface area contributed by atoms with E-state index in [1.807, 2.05) is 54.8 Å². The Hall–Kier alpha value is -3.21. The summed E-state index contributed by atoms with van der Waals surface area (Å²) in [5.74, 6) is 0.767. The lowest BCUT2D eigenvalue weighted by Gasteiger charge is -2.37. The molecular weight excluding hydrogens is 516 g/mol. The van der Waals surface area contributed by atoms with Gasteiger partial charge in [0.1, 0.15) is 0 Å². The second kappa shape index (κ2) is 9.02. The second-order valence-corrected chi connectivity index (χ2v) is 11.9. The Morgan fingerprint density at radius 2 is 1.64 bits per heavy atom.